The minimum Gasteiger partial charge on any atom is -0.304 e. The molecule has 2 aromatic carbocycles. The van der Waals surface area contributed by atoms with E-state index in [1.807, 2.05) is 24.3 Å². The predicted molar refractivity (Wildman–Crippen MR) is 85.5 cm³/mol. The van der Waals surface area contributed by atoms with Gasteiger partial charge in [-0.1, -0.05) is 45.7 Å². The highest BCUT2D eigenvalue weighted by atomic mass is 79.9. The predicted octanol–water partition coefficient (Wildman–Crippen LogP) is 5.65. The van der Waals surface area contributed by atoms with Crippen LogP contribution in [0.5, 0.6) is 0 Å². The first-order valence-corrected chi connectivity index (χ1v) is 7.61. The molecular weight excluding hydrogens is 341 g/mol. The topological polar surface area (TPSA) is 12.0 Å². The maximum absolute atomic E-state index is 13.1. The van der Waals surface area contributed by atoms with Crippen LogP contribution in [0.1, 0.15) is 37.1 Å². The summed E-state index contributed by atoms with van der Waals surface area (Å²) < 4.78 is 13.9. The zero-order valence-corrected chi connectivity index (χ0v) is 13.7. The minimum atomic E-state index is -0.237. The van der Waals surface area contributed by atoms with E-state index in [9.17, 15) is 4.39 Å². The molecule has 0 fully saturated rings. The average molecular weight is 357 g/mol. The smallest absolute Gasteiger partial charge is 0.124 e. The monoisotopic (exact) mass is 355 g/mol. The lowest BCUT2D eigenvalue weighted by Crippen LogP contribution is -2.22. The van der Waals surface area contributed by atoms with Crippen LogP contribution in [0.15, 0.2) is 46.9 Å². The number of benzene rings is 2. The van der Waals surface area contributed by atoms with Gasteiger partial charge in [0.15, 0.2) is 0 Å². The Bertz CT molecular complexity index is 586. The van der Waals surface area contributed by atoms with Crippen molar-refractivity contribution in [1.82, 2.24) is 5.32 Å². The SMILES string of the molecule is CC(N[C@@H](C)c1ccc(Cl)cc1)c1ccc(F)cc1Br. The lowest BCUT2D eigenvalue weighted by atomic mass is 10.0. The maximum Gasteiger partial charge on any atom is 0.124 e. The molecule has 20 heavy (non-hydrogen) atoms. The Balaban J connectivity index is 2.10. The van der Waals surface area contributed by atoms with Crippen LogP contribution in [-0.4, -0.2) is 0 Å². The second-order valence-corrected chi connectivity index (χ2v) is 6.12. The van der Waals surface area contributed by atoms with E-state index in [1.165, 1.54) is 17.7 Å². The number of hydrogen-bond acceptors (Lipinski definition) is 1. The van der Waals surface area contributed by atoms with Crippen molar-refractivity contribution in [3.05, 3.63) is 68.9 Å². The van der Waals surface area contributed by atoms with Crippen molar-refractivity contribution in [1.29, 1.82) is 0 Å². The van der Waals surface area contributed by atoms with Crippen molar-refractivity contribution in [2.24, 2.45) is 0 Å². The third-order valence-corrected chi connectivity index (χ3v) is 4.24. The summed E-state index contributed by atoms with van der Waals surface area (Å²) in [7, 11) is 0. The number of rotatable bonds is 4. The van der Waals surface area contributed by atoms with Gasteiger partial charge in [-0.25, -0.2) is 4.39 Å². The third kappa shape index (κ3) is 3.81. The molecule has 2 rings (SSSR count). The summed E-state index contributed by atoms with van der Waals surface area (Å²) in [5.41, 5.74) is 2.20. The Hall–Kier alpha value is -0.900. The highest BCUT2D eigenvalue weighted by Crippen LogP contribution is 2.26. The minimum absolute atomic E-state index is 0.107. The van der Waals surface area contributed by atoms with Crippen LogP contribution in [0.2, 0.25) is 5.02 Å². The van der Waals surface area contributed by atoms with Crippen molar-refractivity contribution in [2.75, 3.05) is 0 Å². The Morgan fingerprint density at radius 3 is 2.30 bits per heavy atom. The van der Waals surface area contributed by atoms with Gasteiger partial charge in [-0.15, -0.1) is 0 Å². The van der Waals surface area contributed by atoms with Crippen molar-refractivity contribution < 1.29 is 4.39 Å². The first-order valence-electron chi connectivity index (χ1n) is 6.44. The lowest BCUT2D eigenvalue weighted by molar-refractivity contribution is 0.492. The fraction of sp³-hybridized carbons (Fsp3) is 0.250. The van der Waals surface area contributed by atoms with E-state index < -0.39 is 0 Å². The van der Waals surface area contributed by atoms with Crippen LogP contribution in [0.25, 0.3) is 0 Å². The van der Waals surface area contributed by atoms with E-state index in [-0.39, 0.29) is 17.9 Å². The van der Waals surface area contributed by atoms with Crippen molar-refractivity contribution in [3.8, 4) is 0 Å². The molecule has 0 aliphatic rings. The van der Waals surface area contributed by atoms with E-state index in [2.05, 4.69) is 35.1 Å². The number of nitrogens with one attached hydrogen (secondary N) is 1. The van der Waals surface area contributed by atoms with E-state index >= 15 is 0 Å². The molecule has 0 radical (unpaired) electrons. The molecule has 1 nitrogen and oxygen atoms in total. The van der Waals surface area contributed by atoms with E-state index in [0.29, 0.717) is 0 Å². The molecule has 0 aromatic heterocycles. The van der Waals surface area contributed by atoms with Gasteiger partial charge in [-0.05, 0) is 49.2 Å². The Labute approximate surface area is 132 Å². The van der Waals surface area contributed by atoms with Gasteiger partial charge in [0.05, 0.1) is 0 Å². The largest absolute Gasteiger partial charge is 0.304 e. The molecule has 0 spiro atoms. The second kappa shape index (κ2) is 6.70. The first-order chi connectivity index (χ1) is 9.47. The molecule has 0 saturated heterocycles. The van der Waals surface area contributed by atoms with Gasteiger partial charge in [0.25, 0.3) is 0 Å². The molecule has 0 aliphatic heterocycles. The van der Waals surface area contributed by atoms with Crippen molar-refractivity contribution >= 4 is 27.5 Å². The molecule has 4 heteroatoms. The molecule has 2 atom stereocenters. The molecule has 0 heterocycles. The van der Waals surface area contributed by atoms with Gasteiger partial charge in [-0.2, -0.15) is 0 Å². The van der Waals surface area contributed by atoms with Gasteiger partial charge in [0.1, 0.15) is 5.82 Å². The normalized spacial score (nSPS) is 14.1. The fourth-order valence-corrected chi connectivity index (χ4v) is 2.99. The summed E-state index contributed by atoms with van der Waals surface area (Å²) in [5, 5.41) is 4.23. The first kappa shape index (κ1) is 15.5. The number of halogens is 3. The molecular formula is C16H16BrClFN. The molecule has 1 unspecified atom stereocenters. The summed E-state index contributed by atoms with van der Waals surface area (Å²) in [5.74, 6) is -0.237. The van der Waals surface area contributed by atoms with Gasteiger partial charge < -0.3 is 5.32 Å². The van der Waals surface area contributed by atoms with Crippen LogP contribution in [0.3, 0.4) is 0 Å². The molecule has 2 aromatic rings. The van der Waals surface area contributed by atoms with Gasteiger partial charge in [0, 0.05) is 21.6 Å². The van der Waals surface area contributed by atoms with Crippen LogP contribution in [0.4, 0.5) is 4.39 Å². The van der Waals surface area contributed by atoms with Crippen LogP contribution in [-0.2, 0) is 0 Å². The lowest BCUT2D eigenvalue weighted by Gasteiger charge is -2.21. The summed E-state index contributed by atoms with van der Waals surface area (Å²) >= 11 is 9.30. The summed E-state index contributed by atoms with van der Waals surface area (Å²) in [6, 6.07) is 12.8. The standard InChI is InChI=1S/C16H16BrClFN/c1-10(12-3-5-13(18)6-4-12)20-11(2)15-8-7-14(19)9-16(15)17/h3-11,20H,1-2H3/t10-,11?/m0/s1. The summed E-state index contributed by atoms with van der Waals surface area (Å²) in [6.45, 7) is 4.15. The summed E-state index contributed by atoms with van der Waals surface area (Å²) in [6.07, 6.45) is 0. The van der Waals surface area contributed by atoms with Crippen LogP contribution in [0, 0.1) is 5.82 Å². The van der Waals surface area contributed by atoms with Crippen molar-refractivity contribution in [2.45, 2.75) is 25.9 Å². The highest BCUT2D eigenvalue weighted by molar-refractivity contribution is 9.10. The Morgan fingerprint density at radius 1 is 1.05 bits per heavy atom. The van der Waals surface area contributed by atoms with Crippen LogP contribution >= 0.6 is 27.5 Å². The Morgan fingerprint density at radius 2 is 1.70 bits per heavy atom. The van der Waals surface area contributed by atoms with Crippen LogP contribution < -0.4 is 5.32 Å². The molecule has 0 aliphatic carbocycles. The second-order valence-electron chi connectivity index (χ2n) is 4.83. The highest BCUT2D eigenvalue weighted by Gasteiger charge is 2.13. The molecule has 1 N–H and O–H groups in total. The van der Waals surface area contributed by atoms with Crippen molar-refractivity contribution in [3.63, 3.8) is 0 Å². The molecule has 0 saturated carbocycles. The van der Waals surface area contributed by atoms with E-state index in [4.69, 9.17) is 11.6 Å². The molecule has 0 amide bonds. The average Bonchev–Trinajstić information content (AvgIpc) is 2.39. The van der Waals surface area contributed by atoms with Gasteiger partial charge in [0.2, 0.25) is 0 Å². The zero-order valence-electron chi connectivity index (χ0n) is 11.3. The van der Waals surface area contributed by atoms with Gasteiger partial charge in [-0.3, -0.25) is 0 Å². The van der Waals surface area contributed by atoms with E-state index in [0.717, 1.165) is 15.1 Å². The van der Waals surface area contributed by atoms with E-state index in [1.54, 1.807) is 6.07 Å². The maximum atomic E-state index is 13.1. The molecule has 0 bridgehead atoms. The molecule has 106 valence electrons. The number of hydrogen-bond donors (Lipinski definition) is 1. The summed E-state index contributed by atoms with van der Waals surface area (Å²) in [4.78, 5) is 0. The Kier molecular flexibility index (Phi) is 5.19. The zero-order chi connectivity index (χ0) is 14.7. The quantitative estimate of drug-likeness (QED) is 0.746. The fourth-order valence-electron chi connectivity index (χ4n) is 2.17. The van der Waals surface area contributed by atoms with Gasteiger partial charge >= 0.3 is 0 Å². The third-order valence-electron chi connectivity index (χ3n) is 3.30.